The van der Waals surface area contributed by atoms with E-state index in [1.54, 1.807) is 0 Å². The molecule has 1 heterocycles. The van der Waals surface area contributed by atoms with E-state index in [4.69, 9.17) is 10.5 Å². The molecule has 2 aromatic rings. The fraction of sp³-hybridized carbons (Fsp3) is 0.286. The largest absolute Gasteiger partial charge is 0.437 e. The summed E-state index contributed by atoms with van der Waals surface area (Å²) in [6.07, 6.45) is 1.38. The zero-order valence-electron chi connectivity index (χ0n) is 11.1. The Hall–Kier alpha value is -1.62. The van der Waals surface area contributed by atoms with Crippen molar-refractivity contribution in [1.82, 2.24) is 9.97 Å². The summed E-state index contributed by atoms with van der Waals surface area (Å²) >= 11 is 3.34. The van der Waals surface area contributed by atoms with E-state index in [2.05, 4.69) is 46.7 Å². The van der Waals surface area contributed by atoms with Crippen molar-refractivity contribution in [2.75, 3.05) is 5.73 Å². The molecule has 100 valence electrons. The maximum atomic E-state index is 5.87. The molecule has 0 aliphatic rings. The van der Waals surface area contributed by atoms with E-state index >= 15 is 0 Å². The number of para-hydroxylation sites is 1. The van der Waals surface area contributed by atoms with E-state index in [0.29, 0.717) is 16.2 Å². The first kappa shape index (κ1) is 13.8. The predicted octanol–water partition coefficient (Wildman–Crippen LogP) is 3.91. The molecule has 1 aromatic carbocycles. The Morgan fingerprint density at radius 3 is 2.53 bits per heavy atom. The van der Waals surface area contributed by atoms with Crippen LogP contribution in [-0.2, 0) is 5.41 Å². The number of halogens is 1. The summed E-state index contributed by atoms with van der Waals surface area (Å²) in [4.78, 5) is 7.99. The summed E-state index contributed by atoms with van der Waals surface area (Å²) in [6.45, 7) is 6.41. The number of nitrogens with zero attached hydrogens (tertiary/aromatic N) is 2. The molecule has 0 fully saturated rings. The van der Waals surface area contributed by atoms with Crippen LogP contribution in [0, 0.1) is 0 Å². The summed E-state index contributed by atoms with van der Waals surface area (Å²) in [7, 11) is 0. The summed E-state index contributed by atoms with van der Waals surface area (Å²) in [5, 5.41) is 0. The lowest BCUT2D eigenvalue weighted by Gasteiger charge is -2.22. The van der Waals surface area contributed by atoms with Gasteiger partial charge in [0.1, 0.15) is 22.4 Å². The molecule has 0 amide bonds. The lowest BCUT2D eigenvalue weighted by Crippen LogP contribution is -2.12. The molecule has 0 aliphatic carbocycles. The number of aromatic nitrogens is 2. The molecular formula is C14H16BrN3O. The van der Waals surface area contributed by atoms with E-state index in [-0.39, 0.29) is 5.41 Å². The van der Waals surface area contributed by atoms with Crippen LogP contribution in [-0.4, -0.2) is 9.97 Å². The monoisotopic (exact) mass is 321 g/mol. The lowest BCUT2D eigenvalue weighted by atomic mass is 9.86. The number of benzene rings is 1. The van der Waals surface area contributed by atoms with Crippen molar-refractivity contribution in [3.8, 4) is 11.6 Å². The second kappa shape index (κ2) is 5.17. The van der Waals surface area contributed by atoms with E-state index < -0.39 is 0 Å². The fourth-order valence-electron chi connectivity index (χ4n) is 1.72. The number of rotatable bonds is 2. The minimum atomic E-state index is -0.0123. The number of hydrogen-bond donors (Lipinski definition) is 1. The van der Waals surface area contributed by atoms with Crippen molar-refractivity contribution in [2.45, 2.75) is 26.2 Å². The molecule has 5 heteroatoms. The summed E-state index contributed by atoms with van der Waals surface area (Å²) in [5.74, 6) is 1.55. The molecule has 0 atom stereocenters. The normalized spacial score (nSPS) is 11.4. The number of nitrogen functional groups attached to an aromatic ring is 1. The Bertz CT molecular complexity index is 593. The zero-order chi connectivity index (χ0) is 14.0. The Balaban J connectivity index is 2.42. The van der Waals surface area contributed by atoms with Gasteiger partial charge in [-0.1, -0.05) is 39.0 Å². The number of anilines is 1. The summed E-state index contributed by atoms with van der Waals surface area (Å²) in [5.41, 5.74) is 6.82. The van der Waals surface area contributed by atoms with Crippen molar-refractivity contribution in [3.63, 3.8) is 0 Å². The van der Waals surface area contributed by atoms with Crippen LogP contribution in [0.4, 0.5) is 5.82 Å². The van der Waals surface area contributed by atoms with Gasteiger partial charge in [-0.05, 0) is 27.4 Å². The third kappa shape index (κ3) is 3.04. The first-order valence-electron chi connectivity index (χ1n) is 5.93. The molecule has 0 radical (unpaired) electrons. The van der Waals surface area contributed by atoms with Gasteiger partial charge in [-0.3, -0.25) is 0 Å². The standard InChI is InChI=1S/C14H16BrN3O/c1-14(2,3)9-6-4-5-7-10(9)19-13-11(15)12(16)17-8-18-13/h4-8H,1-3H3,(H2,16,17,18). The third-order valence-electron chi connectivity index (χ3n) is 2.69. The maximum absolute atomic E-state index is 5.87. The molecule has 0 unspecified atom stereocenters. The third-order valence-corrected chi connectivity index (χ3v) is 3.43. The SMILES string of the molecule is CC(C)(C)c1ccccc1Oc1ncnc(N)c1Br. The number of hydrogen-bond acceptors (Lipinski definition) is 4. The highest BCUT2D eigenvalue weighted by atomic mass is 79.9. The van der Waals surface area contributed by atoms with Crippen molar-refractivity contribution >= 4 is 21.7 Å². The van der Waals surface area contributed by atoms with Gasteiger partial charge in [0.05, 0.1) is 0 Å². The van der Waals surface area contributed by atoms with Gasteiger partial charge in [0.15, 0.2) is 0 Å². The number of ether oxygens (including phenoxy) is 1. The Morgan fingerprint density at radius 2 is 1.84 bits per heavy atom. The van der Waals surface area contributed by atoms with Crippen LogP contribution in [0.15, 0.2) is 35.1 Å². The van der Waals surface area contributed by atoms with Crippen LogP contribution >= 0.6 is 15.9 Å². The Labute approximate surface area is 121 Å². The van der Waals surface area contributed by atoms with E-state index in [1.807, 2.05) is 24.3 Å². The predicted molar refractivity (Wildman–Crippen MR) is 79.4 cm³/mol. The average Bonchev–Trinajstić information content (AvgIpc) is 2.34. The molecule has 2 rings (SSSR count). The van der Waals surface area contributed by atoms with Crippen LogP contribution in [0.1, 0.15) is 26.3 Å². The van der Waals surface area contributed by atoms with Crippen LogP contribution in [0.2, 0.25) is 0 Å². The first-order chi connectivity index (χ1) is 8.89. The van der Waals surface area contributed by atoms with Gasteiger partial charge in [0.2, 0.25) is 5.88 Å². The molecular weight excluding hydrogens is 306 g/mol. The zero-order valence-corrected chi connectivity index (χ0v) is 12.7. The molecule has 19 heavy (non-hydrogen) atoms. The maximum Gasteiger partial charge on any atom is 0.238 e. The molecule has 0 aliphatic heterocycles. The van der Waals surface area contributed by atoms with Gasteiger partial charge in [-0.25, -0.2) is 9.97 Å². The average molecular weight is 322 g/mol. The second-order valence-corrected chi connectivity index (χ2v) is 6.02. The van der Waals surface area contributed by atoms with Gasteiger partial charge in [-0.2, -0.15) is 0 Å². The smallest absolute Gasteiger partial charge is 0.238 e. The van der Waals surface area contributed by atoms with Crippen LogP contribution in [0.5, 0.6) is 11.6 Å². The van der Waals surface area contributed by atoms with Crippen molar-refractivity contribution in [1.29, 1.82) is 0 Å². The summed E-state index contributed by atoms with van der Waals surface area (Å²) in [6, 6.07) is 7.90. The van der Waals surface area contributed by atoms with Gasteiger partial charge in [0.25, 0.3) is 0 Å². The van der Waals surface area contributed by atoms with Gasteiger partial charge in [-0.15, -0.1) is 0 Å². The lowest BCUT2D eigenvalue weighted by molar-refractivity contribution is 0.436. The van der Waals surface area contributed by atoms with Crippen molar-refractivity contribution in [2.24, 2.45) is 0 Å². The van der Waals surface area contributed by atoms with E-state index in [1.165, 1.54) is 6.33 Å². The molecule has 2 N–H and O–H groups in total. The Morgan fingerprint density at radius 1 is 1.16 bits per heavy atom. The molecule has 0 bridgehead atoms. The highest BCUT2D eigenvalue weighted by Crippen LogP contribution is 2.36. The second-order valence-electron chi connectivity index (χ2n) is 5.23. The topological polar surface area (TPSA) is 61.0 Å². The fourth-order valence-corrected chi connectivity index (χ4v) is 2.00. The molecule has 0 saturated carbocycles. The highest BCUT2D eigenvalue weighted by molar-refractivity contribution is 9.10. The first-order valence-corrected chi connectivity index (χ1v) is 6.72. The summed E-state index contributed by atoms with van der Waals surface area (Å²) < 4.78 is 6.44. The van der Waals surface area contributed by atoms with Gasteiger partial charge in [0, 0.05) is 5.56 Å². The van der Waals surface area contributed by atoms with Gasteiger partial charge < -0.3 is 10.5 Å². The van der Waals surface area contributed by atoms with Crippen LogP contribution < -0.4 is 10.5 Å². The van der Waals surface area contributed by atoms with Crippen molar-refractivity contribution in [3.05, 3.63) is 40.6 Å². The van der Waals surface area contributed by atoms with Crippen LogP contribution in [0.3, 0.4) is 0 Å². The molecule has 4 nitrogen and oxygen atoms in total. The highest BCUT2D eigenvalue weighted by Gasteiger charge is 2.20. The minimum absolute atomic E-state index is 0.0123. The van der Waals surface area contributed by atoms with E-state index in [9.17, 15) is 0 Å². The van der Waals surface area contributed by atoms with Gasteiger partial charge >= 0.3 is 0 Å². The molecule has 0 spiro atoms. The number of nitrogens with two attached hydrogens (primary N) is 1. The van der Waals surface area contributed by atoms with Crippen LogP contribution in [0.25, 0.3) is 0 Å². The molecule has 0 saturated heterocycles. The van der Waals surface area contributed by atoms with Crippen molar-refractivity contribution < 1.29 is 4.74 Å². The minimum Gasteiger partial charge on any atom is -0.437 e. The molecule has 1 aromatic heterocycles. The quantitative estimate of drug-likeness (QED) is 0.910. The van der Waals surface area contributed by atoms with E-state index in [0.717, 1.165) is 11.3 Å². The Kier molecular flexibility index (Phi) is 3.75.